The number of nitrogens with zero attached hydrogens (tertiary/aromatic N) is 1. The highest BCUT2D eigenvalue weighted by atomic mass is 16.2. The zero-order valence-electron chi connectivity index (χ0n) is 10.7. The smallest absolute Gasteiger partial charge is 0.233 e. The first-order valence-corrected chi connectivity index (χ1v) is 6.35. The van der Waals surface area contributed by atoms with Crippen LogP contribution < -0.4 is 10.6 Å². The number of benzene rings is 1. The minimum absolute atomic E-state index is 0.148. The third-order valence-corrected chi connectivity index (χ3v) is 3.23. The molecule has 0 radical (unpaired) electrons. The fourth-order valence-corrected chi connectivity index (χ4v) is 2.30. The van der Waals surface area contributed by atoms with E-state index in [1.807, 2.05) is 18.2 Å². The van der Waals surface area contributed by atoms with Crippen molar-refractivity contribution in [3.05, 3.63) is 54.2 Å². The SMILES string of the molecule is O=C1C[C@@H](C(=O)Nc2ccccn2)c2ccccc2N1. The van der Waals surface area contributed by atoms with Crippen molar-refractivity contribution in [1.82, 2.24) is 4.98 Å². The van der Waals surface area contributed by atoms with E-state index in [1.54, 1.807) is 30.5 Å². The molecule has 5 nitrogen and oxygen atoms in total. The van der Waals surface area contributed by atoms with E-state index in [0.29, 0.717) is 11.5 Å². The van der Waals surface area contributed by atoms with Gasteiger partial charge >= 0.3 is 0 Å². The van der Waals surface area contributed by atoms with Gasteiger partial charge in [0.1, 0.15) is 5.82 Å². The van der Waals surface area contributed by atoms with Crippen LogP contribution in [0.3, 0.4) is 0 Å². The van der Waals surface area contributed by atoms with Crippen molar-refractivity contribution in [1.29, 1.82) is 0 Å². The number of anilines is 2. The van der Waals surface area contributed by atoms with E-state index in [9.17, 15) is 9.59 Å². The molecule has 1 aliphatic heterocycles. The Bertz CT molecular complexity index is 655. The Morgan fingerprint density at radius 2 is 2.00 bits per heavy atom. The van der Waals surface area contributed by atoms with E-state index < -0.39 is 5.92 Å². The Balaban J connectivity index is 1.87. The number of amides is 2. The Morgan fingerprint density at radius 1 is 1.20 bits per heavy atom. The largest absolute Gasteiger partial charge is 0.326 e. The fraction of sp³-hybridized carbons (Fsp3) is 0.133. The first-order chi connectivity index (χ1) is 9.74. The number of para-hydroxylation sites is 1. The highest BCUT2D eigenvalue weighted by molar-refractivity contribution is 6.04. The standard InChI is InChI=1S/C15H13N3O2/c19-14-9-11(10-5-1-2-6-12(10)17-14)15(20)18-13-7-3-4-8-16-13/h1-8,11H,9H2,(H,17,19)(H,16,18,20)/t11-/m1/s1. The number of hydrogen-bond donors (Lipinski definition) is 2. The Kier molecular flexibility index (Phi) is 3.16. The summed E-state index contributed by atoms with van der Waals surface area (Å²) in [5.74, 6) is -0.362. The summed E-state index contributed by atoms with van der Waals surface area (Å²) in [6.07, 6.45) is 1.76. The van der Waals surface area contributed by atoms with Crippen LogP contribution in [0.2, 0.25) is 0 Å². The molecule has 2 amide bonds. The van der Waals surface area contributed by atoms with Gasteiger partial charge in [0.15, 0.2) is 0 Å². The van der Waals surface area contributed by atoms with Crippen LogP contribution in [-0.4, -0.2) is 16.8 Å². The van der Waals surface area contributed by atoms with Gasteiger partial charge in [-0.05, 0) is 23.8 Å². The lowest BCUT2D eigenvalue weighted by molar-refractivity contribution is -0.123. The molecule has 2 N–H and O–H groups in total. The van der Waals surface area contributed by atoms with Crippen molar-refractivity contribution in [2.45, 2.75) is 12.3 Å². The molecule has 1 aromatic carbocycles. The monoisotopic (exact) mass is 267 g/mol. The topological polar surface area (TPSA) is 71.1 Å². The minimum atomic E-state index is -0.484. The first-order valence-electron chi connectivity index (χ1n) is 6.35. The van der Waals surface area contributed by atoms with Gasteiger partial charge in [-0.1, -0.05) is 24.3 Å². The molecule has 0 spiro atoms. The summed E-state index contributed by atoms with van der Waals surface area (Å²) in [5, 5.41) is 5.52. The molecular weight excluding hydrogens is 254 g/mol. The van der Waals surface area contributed by atoms with Crippen molar-refractivity contribution < 1.29 is 9.59 Å². The van der Waals surface area contributed by atoms with E-state index in [1.165, 1.54) is 0 Å². The molecule has 0 bridgehead atoms. The summed E-state index contributed by atoms with van der Waals surface area (Å²) in [6, 6.07) is 12.6. The number of carbonyl (C=O) groups is 2. The molecule has 0 unspecified atom stereocenters. The van der Waals surface area contributed by atoms with Gasteiger partial charge in [0.05, 0.1) is 5.92 Å². The van der Waals surface area contributed by atoms with Crippen molar-refractivity contribution in [3.63, 3.8) is 0 Å². The average Bonchev–Trinajstić information content (AvgIpc) is 2.47. The lowest BCUT2D eigenvalue weighted by Crippen LogP contribution is -2.30. The van der Waals surface area contributed by atoms with Crippen molar-refractivity contribution in [3.8, 4) is 0 Å². The highest BCUT2D eigenvalue weighted by Crippen LogP contribution is 2.32. The van der Waals surface area contributed by atoms with Crippen LogP contribution in [0.5, 0.6) is 0 Å². The molecule has 1 atom stereocenters. The third kappa shape index (κ3) is 2.38. The Labute approximate surface area is 116 Å². The van der Waals surface area contributed by atoms with Crippen LogP contribution in [0, 0.1) is 0 Å². The first kappa shape index (κ1) is 12.3. The van der Waals surface area contributed by atoms with E-state index in [-0.39, 0.29) is 18.2 Å². The summed E-state index contributed by atoms with van der Waals surface area (Å²) in [6.45, 7) is 0. The maximum absolute atomic E-state index is 12.3. The maximum atomic E-state index is 12.3. The predicted octanol–water partition coefficient (Wildman–Crippen LogP) is 2.15. The molecule has 100 valence electrons. The summed E-state index contributed by atoms with van der Waals surface area (Å²) in [4.78, 5) is 28.1. The molecule has 0 saturated heterocycles. The molecule has 20 heavy (non-hydrogen) atoms. The van der Waals surface area contributed by atoms with Crippen LogP contribution >= 0.6 is 0 Å². The van der Waals surface area contributed by atoms with Gasteiger partial charge in [-0.15, -0.1) is 0 Å². The van der Waals surface area contributed by atoms with Crippen molar-refractivity contribution in [2.24, 2.45) is 0 Å². The van der Waals surface area contributed by atoms with E-state index in [2.05, 4.69) is 15.6 Å². The number of hydrogen-bond acceptors (Lipinski definition) is 3. The third-order valence-electron chi connectivity index (χ3n) is 3.23. The molecule has 1 aromatic heterocycles. The van der Waals surface area contributed by atoms with Crippen LogP contribution in [-0.2, 0) is 9.59 Å². The fourth-order valence-electron chi connectivity index (χ4n) is 2.30. The number of pyridine rings is 1. The van der Waals surface area contributed by atoms with E-state index in [4.69, 9.17) is 0 Å². The van der Waals surface area contributed by atoms with Gasteiger partial charge in [0.25, 0.3) is 0 Å². The van der Waals surface area contributed by atoms with Crippen LogP contribution in [0.1, 0.15) is 17.9 Å². The predicted molar refractivity (Wildman–Crippen MR) is 75.3 cm³/mol. The van der Waals surface area contributed by atoms with E-state index in [0.717, 1.165) is 5.56 Å². The van der Waals surface area contributed by atoms with Gasteiger partial charge in [-0.2, -0.15) is 0 Å². The maximum Gasteiger partial charge on any atom is 0.233 e. The molecule has 5 heteroatoms. The second-order valence-electron chi connectivity index (χ2n) is 4.60. The Hall–Kier alpha value is -2.69. The Morgan fingerprint density at radius 3 is 2.80 bits per heavy atom. The lowest BCUT2D eigenvalue weighted by atomic mass is 9.90. The van der Waals surface area contributed by atoms with Crippen LogP contribution in [0.4, 0.5) is 11.5 Å². The number of carbonyl (C=O) groups excluding carboxylic acids is 2. The second-order valence-corrected chi connectivity index (χ2v) is 4.60. The lowest BCUT2D eigenvalue weighted by Gasteiger charge is -2.24. The molecule has 3 rings (SSSR count). The zero-order chi connectivity index (χ0) is 13.9. The summed E-state index contributed by atoms with van der Waals surface area (Å²) in [7, 11) is 0. The second kappa shape index (κ2) is 5.13. The molecule has 1 aliphatic rings. The van der Waals surface area contributed by atoms with Gasteiger partial charge in [0.2, 0.25) is 11.8 Å². The number of aromatic nitrogens is 1. The number of nitrogens with one attached hydrogen (secondary N) is 2. The summed E-state index contributed by atoms with van der Waals surface area (Å²) >= 11 is 0. The van der Waals surface area contributed by atoms with Gasteiger partial charge in [-0.25, -0.2) is 4.98 Å². The molecule has 0 aliphatic carbocycles. The molecule has 2 heterocycles. The molecular formula is C15H13N3O2. The molecule has 2 aromatic rings. The van der Waals surface area contributed by atoms with Crippen LogP contribution in [0.15, 0.2) is 48.7 Å². The van der Waals surface area contributed by atoms with Crippen LogP contribution in [0.25, 0.3) is 0 Å². The van der Waals surface area contributed by atoms with Crippen molar-refractivity contribution >= 4 is 23.3 Å². The normalized spacial score (nSPS) is 17.0. The summed E-state index contributed by atoms with van der Waals surface area (Å²) < 4.78 is 0. The quantitative estimate of drug-likeness (QED) is 0.875. The van der Waals surface area contributed by atoms with Gasteiger partial charge in [0, 0.05) is 18.3 Å². The number of fused-ring (bicyclic) bond motifs is 1. The van der Waals surface area contributed by atoms with Crippen molar-refractivity contribution in [2.75, 3.05) is 10.6 Å². The minimum Gasteiger partial charge on any atom is -0.326 e. The highest BCUT2D eigenvalue weighted by Gasteiger charge is 2.30. The van der Waals surface area contributed by atoms with Gasteiger partial charge in [-0.3, -0.25) is 9.59 Å². The molecule has 0 saturated carbocycles. The summed E-state index contributed by atoms with van der Waals surface area (Å²) in [5.41, 5.74) is 1.53. The average molecular weight is 267 g/mol. The molecule has 0 fully saturated rings. The zero-order valence-corrected chi connectivity index (χ0v) is 10.7. The van der Waals surface area contributed by atoms with Gasteiger partial charge < -0.3 is 10.6 Å². The number of rotatable bonds is 2. The van der Waals surface area contributed by atoms with E-state index >= 15 is 0 Å².